The second-order valence-corrected chi connectivity index (χ2v) is 7.18. The van der Waals surface area contributed by atoms with Crippen LogP contribution in [0, 0.1) is 5.92 Å². The summed E-state index contributed by atoms with van der Waals surface area (Å²) in [6.45, 7) is 10.4. The van der Waals surface area contributed by atoms with Crippen molar-refractivity contribution in [3.05, 3.63) is 16.1 Å². The summed E-state index contributed by atoms with van der Waals surface area (Å²) in [5.74, 6) is 0.509. The van der Waals surface area contributed by atoms with Crippen molar-refractivity contribution in [2.24, 2.45) is 5.92 Å². The molecular formula is C14H23N3OS. The van der Waals surface area contributed by atoms with Gasteiger partial charge in [-0.25, -0.2) is 4.98 Å². The highest BCUT2D eigenvalue weighted by molar-refractivity contribution is 7.11. The van der Waals surface area contributed by atoms with Crippen molar-refractivity contribution in [3.63, 3.8) is 0 Å². The van der Waals surface area contributed by atoms with Gasteiger partial charge >= 0.3 is 0 Å². The van der Waals surface area contributed by atoms with E-state index in [1.54, 1.807) is 5.51 Å². The molecule has 1 aliphatic rings. The van der Waals surface area contributed by atoms with Crippen molar-refractivity contribution >= 4 is 17.2 Å². The third-order valence-electron chi connectivity index (χ3n) is 3.59. The summed E-state index contributed by atoms with van der Waals surface area (Å²) in [7, 11) is 0. The maximum Gasteiger partial charge on any atom is 0.263 e. The number of piperidine rings is 1. The molecule has 1 amide bonds. The van der Waals surface area contributed by atoms with E-state index in [4.69, 9.17) is 0 Å². The quantitative estimate of drug-likeness (QED) is 0.873. The highest BCUT2D eigenvalue weighted by atomic mass is 32.1. The predicted molar refractivity (Wildman–Crippen MR) is 78.7 cm³/mol. The predicted octanol–water partition coefficient (Wildman–Crippen LogP) is 2.17. The Hall–Kier alpha value is -0.940. The fourth-order valence-corrected chi connectivity index (χ4v) is 3.30. The van der Waals surface area contributed by atoms with Crippen molar-refractivity contribution in [3.8, 4) is 0 Å². The van der Waals surface area contributed by atoms with Crippen LogP contribution >= 0.6 is 11.3 Å². The Labute approximate surface area is 119 Å². The first-order valence-electron chi connectivity index (χ1n) is 6.85. The first-order valence-corrected chi connectivity index (χ1v) is 7.73. The second-order valence-electron chi connectivity index (χ2n) is 6.33. The molecule has 1 fully saturated rings. The Bertz CT molecular complexity index is 450. The number of nitrogens with one attached hydrogen (secondary N) is 2. The Morgan fingerprint density at radius 1 is 1.53 bits per heavy atom. The molecule has 0 aliphatic carbocycles. The van der Waals surface area contributed by atoms with Crippen LogP contribution in [0.4, 0.5) is 0 Å². The van der Waals surface area contributed by atoms with Gasteiger partial charge in [0, 0.05) is 11.5 Å². The monoisotopic (exact) mass is 281 g/mol. The summed E-state index contributed by atoms with van der Waals surface area (Å²) in [6.07, 6.45) is 0.997. The summed E-state index contributed by atoms with van der Waals surface area (Å²) in [5, 5.41) is 6.52. The number of carbonyl (C=O) groups excluding carboxylic acids is 1. The van der Waals surface area contributed by atoms with E-state index in [0.717, 1.165) is 30.1 Å². The topological polar surface area (TPSA) is 54.0 Å². The molecule has 1 saturated heterocycles. The maximum absolute atomic E-state index is 12.4. The van der Waals surface area contributed by atoms with Gasteiger partial charge in [0.25, 0.3) is 5.91 Å². The lowest BCUT2D eigenvalue weighted by Gasteiger charge is -2.30. The number of amides is 1. The first-order chi connectivity index (χ1) is 8.89. The van der Waals surface area contributed by atoms with E-state index in [0.29, 0.717) is 5.92 Å². The van der Waals surface area contributed by atoms with E-state index in [1.807, 2.05) is 0 Å². The minimum absolute atomic E-state index is 0.0335. The van der Waals surface area contributed by atoms with E-state index in [9.17, 15) is 4.79 Å². The molecule has 5 heteroatoms. The standard InChI is InChI=1S/C14H23N3OS/c1-9-7-15-6-5-10(9)17-13(18)11-12(14(2,3)4)16-8-19-11/h8-10,15H,5-7H2,1-4H3,(H,17,18). The van der Waals surface area contributed by atoms with Gasteiger partial charge in [-0.1, -0.05) is 27.7 Å². The van der Waals surface area contributed by atoms with Crippen LogP contribution in [0.1, 0.15) is 49.5 Å². The smallest absolute Gasteiger partial charge is 0.263 e. The highest BCUT2D eigenvalue weighted by Gasteiger charge is 2.28. The molecule has 1 aliphatic heterocycles. The molecule has 2 unspecified atom stereocenters. The molecule has 0 bridgehead atoms. The molecule has 0 aromatic carbocycles. The Morgan fingerprint density at radius 3 is 2.89 bits per heavy atom. The van der Waals surface area contributed by atoms with Crippen LogP contribution in [0.5, 0.6) is 0 Å². The number of hydrogen-bond donors (Lipinski definition) is 2. The molecular weight excluding hydrogens is 258 g/mol. The zero-order valence-electron chi connectivity index (χ0n) is 12.1. The van der Waals surface area contributed by atoms with Crippen LogP contribution in [-0.4, -0.2) is 30.0 Å². The minimum atomic E-state index is -0.0909. The van der Waals surface area contributed by atoms with Gasteiger partial charge in [-0.15, -0.1) is 11.3 Å². The van der Waals surface area contributed by atoms with Crippen molar-refractivity contribution in [1.82, 2.24) is 15.6 Å². The lowest BCUT2D eigenvalue weighted by Crippen LogP contribution is -2.48. The lowest BCUT2D eigenvalue weighted by molar-refractivity contribution is 0.0916. The molecule has 4 nitrogen and oxygen atoms in total. The summed E-state index contributed by atoms with van der Waals surface area (Å²) in [4.78, 5) is 17.6. The molecule has 1 aromatic rings. The molecule has 2 heterocycles. The normalized spacial score (nSPS) is 24.2. The summed E-state index contributed by atoms with van der Waals surface area (Å²) in [6, 6.07) is 0.267. The molecule has 2 rings (SSSR count). The van der Waals surface area contributed by atoms with Gasteiger partial charge in [-0.2, -0.15) is 0 Å². The van der Waals surface area contributed by atoms with E-state index in [-0.39, 0.29) is 17.4 Å². The van der Waals surface area contributed by atoms with Crippen molar-refractivity contribution in [2.75, 3.05) is 13.1 Å². The third kappa shape index (κ3) is 3.34. The van der Waals surface area contributed by atoms with Gasteiger partial charge in [0.2, 0.25) is 0 Å². The van der Waals surface area contributed by atoms with E-state index >= 15 is 0 Å². The molecule has 106 valence electrons. The lowest BCUT2D eigenvalue weighted by atomic mass is 9.91. The Balaban J connectivity index is 2.10. The number of nitrogens with zero attached hydrogens (tertiary/aromatic N) is 1. The van der Waals surface area contributed by atoms with Gasteiger partial charge in [0.05, 0.1) is 11.2 Å². The highest BCUT2D eigenvalue weighted by Crippen LogP contribution is 2.27. The molecule has 0 spiro atoms. The van der Waals surface area contributed by atoms with E-state index < -0.39 is 0 Å². The number of carbonyl (C=O) groups is 1. The van der Waals surface area contributed by atoms with Gasteiger partial charge < -0.3 is 10.6 Å². The van der Waals surface area contributed by atoms with Crippen molar-refractivity contribution < 1.29 is 4.79 Å². The first kappa shape index (κ1) is 14.5. The van der Waals surface area contributed by atoms with Crippen molar-refractivity contribution in [2.45, 2.75) is 45.6 Å². The van der Waals surface area contributed by atoms with Crippen LogP contribution in [0.3, 0.4) is 0 Å². The van der Waals surface area contributed by atoms with Gasteiger partial charge in [-0.3, -0.25) is 4.79 Å². The molecule has 0 saturated carbocycles. The van der Waals surface area contributed by atoms with E-state index in [2.05, 4.69) is 43.3 Å². The van der Waals surface area contributed by atoms with Crippen LogP contribution in [-0.2, 0) is 5.41 Å². The fourth-order valence-electron chi connectivity index (χ4n) is 2.40. The number of aromatic nitrogens is 1. The van der Waals surface area contributed by atoms with Gasteiger partial charge in [-0.05, 0) is 25.4 Å². The summed E-state index contributed by atoms with van der Waals surface area (Å²) < 4.78 is 0. The number of thiazole rings is 1. The van der Waals surface area contributed by atoms with Crippen LogP contribution in [0.2, 0.25) is 0 Å². The molecule has 1 aromatic heterocycles. The molecule has 2 atom stereocenters. The Morgan fingerprint density at radius 2 is 2.26 bits per heavy atom. The Kier molecular flexibility index (Phi) is 4.26. The van der Waals surface area contributed by atoms with Crippen molar-refractivity contribution in [1.29, 1.82) is 0 Å². The van der Waals surface area contributed by atoms with E-state index in [1.165, 1.54) is 11.3 Å². The van der Waals surface area contributed by atoms with Crippen LogP contribution < -0.4 is 10.6 Å². The molecule has 2 N–H and O–H groups in total. The average molecular weight is 281 g/mol. The van der Waals surface area contributed by atoms with Gasteiger partial charge in [0.15, 0.2) is 0 Å². The average Bonchev–Trinajstić information content (AvgIpc) is 2.81. The maximum atomic E-state index is 12.4. The van der Waals surface area contributed by atoms with Crippen LogP contribution in [0.15, 0.2) is 5.51 Å². The summed E-state index contributed by atoms with van der Waals surface area (Å²) in [5.41, 5.74) is 2.57. The largest absolute Gasteiger partial charge is 0.348 e. The zero-order valence-corrected chi connectivity index (χ0v) is 12.9. The molecule has 0 radical (unpaired) electrons. The third-order valence-corrected chi connectivity index (χ3v) is 4.41. The number of hydrogen-bond acceptors (Lipinski definition) is 4. The second kappa shape index (κ2) is 5.59. The number of rotatable bonds is 2. The minimum Gasteiger partial charge on any atom is -0.348 e. The summed E-state index contributed by atoms with van der Waals surface area (Å²) >= 11 is 1.44. The van der Waals surface area contributed by atoms with Gasteiger partial charge in [0.1, 0.15) is 4.88 Å². The fraction of sp³-hybridized carbons (Fsp3) is 0.714. The zero-order chi connectivity index (χ0) is 14.0. The SMILES string of the molecule is CC1CNCCC1NC(=O)c1scnc1C(C)(C)C. The van der Waals surface area contributed by atoms with Crippen LogP contribution in [0.25, 0.3) is 0 Å². The molecule has 19 heavy (non-hydrogen) atoms.